The standard InChI is InChI=1S/C24H28N2O4/c27-23(25(15-21-17-29-21)19-9-3-1-4-10-19)13-7-8-14-24(28)26(16-22-18-30-22)20-11-5-2-6-12-20/h1-6,9-12,21-22H,7-8,13-18H2. The van der Waals surface area contributed by atoms with Crippen molar-refractivity contribution in [1.82, 2.24) is 0 Å². The quantitative estimate of drug-likeness (QED) is 0.422. The molecule has 2 atom stereocenters. The first-order chi connectivity index (χ1) is 14.7. The molecular formula is C24H28N2O4. The summed E-state index contributed by atoms with van der Waals surface area (Å²) in [6.07, 6.45) is 2.49. The number of nitrogens with zero attached hydrogens (tertiary/aromatic N) is 2. The first-order valence-corrected chi connectivity index (χ1v) is 10.6. The predicted octanol–water partition coefficient (Wildman–Crippen LogP) is 3.41. The second-order valence-corrected chi connectivity index (χ2v) is 7.80. The van der Waals surface area contributed by atoms with Crippen LogP contribution in [0.4, 0.5) is 11.4 Å². The maximum Gasteiger partial charge on any atom is 0.227 e. The largest absolute Gasteiger partial charge is 0.371 e. The second kappa shape index (κ2) is 9.87. The summed E-state index contributed by atoms with van der Waals surface area (Å²) in [4.78, 5) is 29.2. The minimum absolute atomic E-state index is 0.0791. The van der Waals surface area contributed by atoms with E-state index in [1.807, 2.05) is 60.7 Å². The van der Waals surface area contributed by atoms with Crippen molar-refractivity contribution in [2.24, 2.45) is 0 Å². The number of amides is 2. The molecule has 2 heterocycles. The molecule has 30 heavy (non-hydrogen) atoms. The van der Waals surface area contributed by atoms with Gasteiger partial charge in [0, 0.05) is 24.2 Å². The number of para-hydroxylation sites is 2. The Balaban J connectivity index is 1.27. The van der Waals surface area contributed by atoms with Crippen LogP contribution in [0.25, 0.3) is 0 Å². The summed E-state index contributed by atoms with van der Waals surface area (Å²) in [7, 11) is 0. The van der Waals surface area contributed by atoms with Crippen LogP contribution in [0.2, 0.25) is 0 Å². The molecule has 2 aliphatic heterocycles. The Bertz CT molecular complexity index is 763. The highest BCUT2D eigenvalue weighted by Crippen LogP contribution is 2.22. The summed E-state index contributed by atoms with van der Waals surface area (Å²) in [5.41, 5.74) is 1.79. The van der Waals surface area contributed by atoms with Gasteiger partial charge in [-0.1, -0.05) is 36.4 Å². The Morgan fingerprint density at radius 3 is 1.40 bits per heavy atom. The number of anilines is 2. The minimum Gasteiger partial charge on any atom is -0.371 e. The molecule has 0 aliphatic carbocycles. The van der Waals surface area contributed by atoms with Crippen LogP contribution in [0.15, 0.2) is 60.7 Å². The van der Waals surface area contributed by atoms with Gasteiger partial charge in [-0.25, -0.2) is 0 Å². The maximum atomic E-state index is 12.8. The van der Waals surface area contributed by atoms with E-state index in [-0.39, 0.29) is 24.0 Å². The summed E-state index contributed by atoms with van der Waals surface area (Å²) in [6.45, 7) is 2.60. The first kappa shape index (κ1) is 20.6. The van der Waals surface area contributed by atoms with Crippen LogP contribution < -0.4 is 9.80 Å². The van der Waals surface area contributed by atoms with Crippen molar-refractivity contribution in [1.29, 1.82) is 0 Å². The molecule has 2 aromatic carbocycles. The zero-order valence-corrected chi connectivity index (χ0v) is 17.1. The molecular weight excluding hydrogens is 380 g/mol. The van der Waals surface area contributed by atoms with Crippen molar-refractivity contribution in [3.63, 3.8) is 0 Å². The van der Waals surface area contributed by atoms with Crippen molar-refractivity contribution >= 4 is 23.2 Å². The molecule has 0 radical (unpaired) electrons. The average Bonchev–Trinajstić information content (AvgIpc) is 3.70. The summed E-state index contributed by atoms with van der Waals surface area (Å²) < 4.78 is 10.6. The normalized spacial score (nSPS) is 19.2. The Kier molecular flexibility index (Phi) is 6.77. The number of unbranched alkanes of at least 4 members (excludes halogenated alkanes) is 1. The molecule has 2 saturated heterocycles. The number of carbonyl (C=O) groups excluding carboxylic acids is 2. The molecule has 2 amide bonds. The molecule has 4 rings (SSSR count). The van der Waals surface area contributed by atoms with Crippen molar-refractivity contribution in [2.75, 3.05) is 36.1 Å². The monoisotopic (exact) mass is 408 g/mol. The Labute approximate surface area is 177 Å². The Morgan fingerprint density at radius 2 is 1.07 bits per heavy atom. The fraction of sp³-hybridized carbons (Fsp3) is 0.417. The summed E-state index contributed by atoms with van der Waals surface area (Å²) in [5.74, 6) is 0.158. The van der Waals surface area contributed by atoms with Crippen LogP contribution in [0.5, 0.6) is 0 Å². The third-order valence-corrected chi connectivity index (χ3v) is 5.35. The van der Waals surface area contributed by atoms with Gasteiger partial charge >= 0.3 is 0 Å². The number of carbonyl (C=O) groups is 2. The molecule has 0 N–H and O–H groups in total. The number of ether oxygens (including phenoxy) is 2. The maximum absolute atomic E-state index is 12.8. The van der Waals surface area contributed by atoms with Crippen LogP contribution in [0.1, 0.15) is 25.7 Å². The van der Waals surface area contributed by atoms with E-state index in [1.54, 1.807) is 9.80 Å². The molecule has 2 aromatic rings. The molecule has 0 saturated carbocycles. The third kappa shape index (κ3) is 5.90. The number of epoxide rings is 2. The van der Waals surface area contributed by atoms with Crippen LogP contribution in [-0.4, -0.2) is 50.3 Å². The fourth-order valence-electron chi connectivity index (χ4n) is 3.49. The highest BCUT2D eigenvalue weighted by Gasteiger charge is 2.30. The first-order valence-electron chi connectivity index (χ1n) is 10.6. The minimum atomic E-state index is 0.0791. The fourth-order valence-corrected chi connectivity index (χ4v) is 3.49. The molecule has 2 unspecified atom stereocenters. The van der Waals surface area contributed by atoms with E-state index >= 15 is 0 Å². The van der Waals surface area contributed by atoms with Crippen molar-refractivity contribution < 1.29 is 19.1 Å². The van der Waals surface area contributed by atoms with Gasteiger partial charge in [-0.15, -0.1) is 0 Å². The molecule has 0 bridgehead atoms. The van der Waals surface area contributed by atoms with E-state index in [1.165, 1.54) is 0 Å². The van der Waals surface area contributed by atoms with E-state index in [4.69, 9.17) is 9.47 Å². The van der Waals surface area contributed by atoms with Crippen LogP contribution >= 0.6 is 0 Å². The van der Waals surface area contributed by atoms with Gasteiger partial charge in [0.25, 0.3) is 0 Å². The van der Waals surface area contributed by atoms with E-state index < -0.39 is 0 Å². The molecule has 0 aromatic heterocycles. The lowest BCUT2D eigenvalue weighted by Gasteiger charge is -2.23. The van der Waals surface area contributed by atoms with Crippen molar-refractivity contribution in [3.8, 4) is 0 Å². The van der Waals surface area contributed by atoms with E-state index in [0.29, 0.717) is 52.0 Å². The predicted molar refractivity (Wildman–Crippen MR) is 116 cm³/mol. The molecule has 0 spiro atoms. The highest BCUT2D eigenvalue weighted by molar-refractivity contribution is 5.94. The number of benzene rings is 2. The Morgan fingerprint density at radius 1 is 0.700 bits per heavy atom. The van der Waals surface area contributed by atoms with Gasteiger partial charge in [-0.3, -0.25) is 9.59 Å². The van der Waals surface area contributed by atoms with Crippen molar-refractivity contribution in [3.05, 3.63) is 60.7 Å². The van der Waals surface area contributed by atoms with Gasteiger partial charge in [0.15, 0.2) is 0 Å². The van der Waals surface area contributed by atoms with Gasteiger partial charge in [-0.2, -0.15) is 0 Å². The average molecular weight is 408 g/mol. The molecule has 158 valence electrons. The van der Waals surface area contributed by atoms with Gasteiger partial charge in [0.1, 0.15) is 0 Å². The summed E-state index contributed by atoms with van der Waals surface area (Å²) >= 11 is 0. The molecule has 6 heteroatoms. The lowest BCUT2D eigenvalue weighted by molar-refractivity contribution is -0.120. The molecule has 6 nitrogen and oxygen atoms in total. The van der Waals surface area contributed by atoms with Crippen LogP contribution in [0, 0.1) is 0 Å². The van der Waals surface area contributed by atoms with Crippen LogP contribution in [0.3, 0.4) is 0 Å². The van der Waals surface area contributed by atoms with Gasteiger partial charge < -0.3 is 19.3 Å². The van der Waals surface area contributed by atoms with Gasteiger partial charge in [0.2, 0.25) is 11.8 Å². The van der Waals surface area contributed by atoms with Crippen LogP contribution in [-0.2, 0) is 19.1 Å². The third-order valence-electron chi connectivity index (χ3n) is 5.35. The number of rotatable bonds is 11. The summed E-state index contributed by atoms with van der Waals surface area (Å²) in [6, 6.07) is 19.4. The van der Waals surface area contributed by atoms with Gasteiger partial charge in [-0.05, 0) is 37.1 Å². The SMILES string of the molecule is O=C(CCCCC(=O)N(CC1CO1)c1ccccc1)N(CC1CO1)c1ccccc1. The van der Waals surface area contributed by atoms with Gasteiger partial charge in [0.05, 0.1) is 38.5 Å². The summed E-state index contributed by atoms with van der Waals surface area (Å²) in [5, 5.41) is 0. The molecule has 2 aliphatic rings. The van der Waals surface area contributed by atoms with Crippen molar-refractivity contribution in [2.45, 2.75) is 37.9 Å². The molecule has 2 fully saturated rings. The number of hydrogen-bond donors (Lipinski definition) is 0. The zero-order valence-electron chi connectivity index (χ0n) is 17.1. The lowest BCUT2D eigenvalue weighted by Crippen LogP contribution is -2.35. The Hall–Kier alpha value is -2.70. The van der Waals surface area contributed by atoms with E-state index in [0.717, 1.165) is 11.4 Å². The van der Waals surface area contributed by atoms with E-state index in [2.05, 4.69) is 0 Å². The lowest BCUT2D eigenvalue weighted by atomic mass is 10.1. The number of hydrogen-bond acceptors (Lipinski definition) is 4. The second-order valence-electron chi connectivity index (χ2n) is 7.80. The topological polar surface area (TPSA) is 65.7 Å². The van der Waals surface area contributed by atoms with E-state index in [9.17, 15) is 9.59 Å². The zero-order chi connectivity index (χ0) is 20.8. The smallest absolute Gasteiger partial charge is 0.227 e. The highest BCUT2D eigenvalue weighted by atomic mass is 16.6.